The Labute approximate surface area is 127 Å². The Hall–Kier alpha value is -2.68. The van der Waals surface area contributed by atoms with Gasteiger partial charge in [-0.1, -0.05) is 36.4 Å². The van der Waals surface area contributed by atoms with E-state index in [1.807, 2.05) is 24.3 Å². The highest BCUT2D eigenvalue weighted by Gasteiger charge is 2.25. The fourth-order valence-electron chi connectivity index (χ4n) is 3.10. The molecule has 0 unspecified atom stereocenters. The van der Waals surface area contributed by atoms with Crippen LogP contribution < -0.4 is 0 Å². The molecule has 1 aliphatic carbocycles. The predicted molar refractivity (Wildman–Crippen MR) is 85.3 cm³/mol. The van der Waals surface area contributed by atoms with Gasteiger partial charge in [-0.25, -0.2) is 4.39 Å². The number of aromatic amines is 1. The van der Waals surface area contributed by atoms with Gasteiger partial charge in [0.15, 0.2) is 0 Å². The fourth-order valence-corrected chi connectivity index (χ4v) is 3.10. The minimum Gasteiger partial charge on any atom is -0.352 e. The third kappa shape index (κ3) is 1.98. The molecule has 3 heteroatoms. The third-order valence-electron chi connectivity index (χ3n) is 4.21. The number of hydrogen-bond donors (Lipinski definition) is 1. The van der Waals surface area contributed by atoms with Gasteiger partial charge < -0.3 is 4.98 Å². The van der Waals surface area contributed by atoms with Crippen molar-refractivity contribution in [3.8, 4) is 0 Å². The highest BCUT2D eigenvalue weighted by atomic mass is 19.1. The number of carbonyl (C=O) groups excluding carboxylic acids is 1. The number of ketones is 1. The van der Waals surface area contributed by atoms with E-state index >= 15 is 0 Å². The SMILES string of the molecule is O=C1C(=Cc2ccccc2F)CCc2c1[nH]c1ccccc21. The first-order chi connectivity index (χ1) is 10.7. The van der Waals surface area contributed by atoms with E-state index in [9.17, 15) is 9.18 Å². The van der Waals surface area contributed by atoms with Crippen LogP contribution in [0.15, 0.2) is 54.1 Å². The van der Waals surface area contributed by atoms with E-state index in [0.717, 1.165) is 22.9 Å². The molecule has 0 spiro atoms. The average molecular weight is 291 g/mol. The molecule has 0 saturated heterocycles. The summed E-state index contributed by atoms with van der Waals surface area (Å²) in [5.41, 5.74) is 3.82. The summed E-state index contributed by atoms with van der Waals surface area (Å²) in [6.07, 6.45) is 3.11. The second-order valence-electron chi connectivity index (χ2n) is 5.54. The summed E-state index contributed by atoms with van der Waals surface area (Å²) in [6.45, 7) is 0. The number of fused-ring (bicyclic) bond motifs is 3. The molecular weight excluding hydrogens is 277 g/mol. The first-order valence-corrected chi connectivity index (χ1v) is 7.33. The molecule has 1 N–H and O–H groups in total. The van der Waals surface area contributed by atoms with Crippen molar-refractivity contribution < 1.29 is 9.18 Å². The van der Waals surface area contributed by atoms with Crippen LogP contribution in [0.5, 0.6) is 0 Å². The molecule has 1 heterocycles. The molecule has 2 aromatic carbocycles. The number of rotatable bonds is 1. The molecule has 108 valence electrons. The first-order valence-electron chi connectivity index (χ1n) is 7.33. The molecule has 0 bridgehead atoms. The maximum atomic E-state index is 13.8. The lowest BCUT2D eigenvalue weighted by Gasteiger charge is -2.14. The summed E-state index contributed by atoms with van der Waals surface area (Å²) in [7, 11) is 0. The van der Waals surface area contributed by atoms with Crippen LogP contribution in [0.1, 0.15) is 28.0 Å². The number of halogens is 1. The number of para-hydroxylation sites is 1. The summed E-state index contributed by atoms with van der Waals surface area (Å²) in [6, 6.07) is 14.5. The number of Topliss-reactive ketones (excluding diaryl/α,β-unsaturated/α-hetero) is 1. The molecule has 22 heavy (non-hydrogen) atoms. The zero-order valence-electron chi connectivity index (χ0n) is 11.9. The van der Waals surface area contributed by atoms with Gasteiger partial charge >= 0.3 is 0 Å². The minimum absolute atomic E-state index is 0.0271. The second kappa shape index (κ2) is 4.95. The van der Waals surface area contributed by atoms with Gasteiger partial charge in [-0.05, 0) is 36.6 Å². The van der Waals surface area contributed by atoms with E-state index in [4.69, 9.17) is 0 Å². The zero-order valence-corrected chi connectivity index (χ0v) is 11.9. The van der Waals surface area contributed by atoms with Gasteiger partial charge in [0.05, 0.1) is 5.69 Å². The summed E-state index contributed by atoms with van der Waals surface area (Å²) in [4.78, 5) is 15.9. The van der Waals surface area contributed by atoms with Crippen molar-refractivity contribution in [3.63, 3.8) is 0 Å². The lowest BCUT2D eigenvalue weighted by molar-refractivity contribution is 0.102. The fraction of sp³-hybridized carbons (Fsp3) is 0.105. The number of carbonyl (C=O) groups is 1. The van der Waals surface area contributed by atoms with Crippen LogP contribution in [0.4, 0.5) is 4.39 Å². The van der Waals surface area contributed by atoms with Crippen molar-refractivity contribution in [2.45, 2.75) is 12.8 Å². The third-order valence-corrected chi connectivity index (χ3v) is 4.21. The molecule has 1 aromatic heterocycles. The molecule has 0 atom stereocenters. The Morgan fingerprint density at radius 3 is 2.64 bits per heavy atom. The Morgan fingerprint density at radius 2 is 1.77 bits per heavy atom. The van der Waals surface area contributed by atoms with Crippen molar-refractivity contribution in [2.24, 2.45) is 0 Å². The molecule has 3 aromatic rings. The number of benzene rings is 2. The number of allylic oxidation sites excluding steroid dienone is 1. The van der Waals surface area contributed by atoms with Gasteiger partial charge in [0.2, 0.25) is 5.78 Å². The maximum absolute atomic E-state index is 13.8. The Morgan fingerprint density at radius 1 is 1.00 bits per heavy atom. The van der Waals surface area contributed by atoms with Gasteiger partial charge in [0.25, 0.3) is 0 Å². The number of nitrogens with one attached hydrogen (secondary N) is 1. The van der Waals surface area contributed by atoms with Crippen LogP contribution in [-0.4, -0.2) is 10.8 Å². The molecule has 4 rings (SSSR count). The molecular formula is C19H14FNO. The Bertz CT molecular complexity index is 920. The minimum atomic E-state index is -0.301. The van der Waals surface area contributed by atoms with Crippen molar-refractivity contribution in [1.29, 1.82) is 0 Å². The van der Waals surface area contributed by atoms with E-state index in [2.05, 4.69) is 4.98 Å². The monoisotopic (exact) mass is 291 g/mol. The Balaban J connectivity index is 1.81. The van der Waals surface area contributed by atoms with Gasteiger partial charge in [-0.15, -0.1) is 0 Å². The molecule has 0 aliphatic heterocycles. The summed E-state index contributed by atoms with van der Waals surface area (Å²) in [5.74, 6) is -0.328. The lowest BCUT2D eigenvalue weighted by atomic mass is 9.89. The average Bonchev–Trinajstić information content (AvgIpc) is 2.92. The van der Waals surface area contributed by atoms with Crippen LogP contribution in [0, 0.1) is 5.82 Å². The number of aromatic nitrogens is 1. The number of H-pyrrole nitrogens is 1. The molecule has 2 nitrogen and oxygen atoms in total. The standard InChI is InChI=1S/C19H14FNO/c20-16-7-3-1-5-12(16)11-13-9-10-15-14-6-2-4-8-17(14)21-18(15)19(13)22/h1-8,11,21H,9-10H2. The highest BCUT2D eigenvalue weighted by molar-refractivity contribution is 6.15. The van der Waals surface area contributed by atoms with E-state index in [-0.39, 0.29) is 11.6 Å². The molecule has 0 saturated carbocycles. The van der Waals surface area contributed by atoms with Gasteiger partial charge in [0, 0.05) is 22.0 Å². The van der Waals surface area contributed by atoms with Gasteiger partial charge in [-0.3, -0.25) is 4.79 Å². The van der Waals surface area contributed by atoms with Crippen molar-refractivity contribution in [3.05, 3.63) is 76.7 Å². The lowest BCUT2D eigenvalue weighted by Crippen LogP contribution is -2.13. The van der Waals surface area contributed by atoms with Crippen LogP contribution in [0.2, 0.25) is 0 Å². The highest BCUT2D eigenvalue weighted by Crippen LogP contribution is 2.32. The van der Waals surface area contributed by atoms with Gasteiger partial charge in [0.1, 0.15) is 5.82 Å². The van der Waals surface area contributed by atoms with E-state index < -0.39 is 0 Å². The predicted octanol–water partition coefficient (Wildman–Crippen LogP) is 4.52. The molecule has 0 amide bonds. The summed E-state index contributed by atoms with van der Waals surface area (Å²) in [5, 5.41) is 1.11. The molecule has 0 radical (unpaired) electrons. The van der Waals surface area contributed by atoms with E-state index in [1.165, 1.54) is 6.07 Å². The normalized spacial score (nSPS) is 16.2. The largest absolute Gasteiger partial charge is 0.352 e. The zero-order chi connectivity index (χ0) is 15.1. The number of aryl methyl sites for hydroxylation is 1. The molecule has 1 aliphatic rings. The quantitative estimate of drug-likeness (QED) is 0.657. The van der Waals surface area contributed by atoms with E-state index in [0.29, 0.717) is 23.3 Å². The van der Waals surface area contributed by atoms with Crippen LogP contribution in [0.25, 0.3) is 17.0 Å². The van der Waals surface area contributed by atoms with E-state index in [1.54, 1.807) is 24.3 Å². The first kappa shape index (κ1) is 13.0. The summed E-state index contributed by atoms with van der Waals surface area (Å²) >= 11 is 0. The van der Waals surface area contributed by atoms with Crippen LogP contribution in [-0.2, 0) is 6.42 Å². The summed E-state index contributed by atoms with van der Waals surface area (Å²) < 4.78 is 13.8. The smallest absolute Gasteiger partial charge is 0.205 e. The van der Waals surface area contributed by atoms with Gasteiger partial charge in [-0.2, -0.15) is 0 Å². The maximum Gasteiger partial charge on any atom is 0.205 e. The molecule has 0 fully saturated rings. The van der Waals surface area contributed by atoms with Crippen molar-refractivity contribution >= 4 is 22.8 Å². The van der Waals surface area contributed by atoms with Crippen LogP contribution in [0.3, 0.4) is 0 Å². The topological polar surface area (TPSA) is 32.9 Å². The van der Waals surface area contributed by atoms with Crippen molar-refractivity contribution in [1.82, 2.24) is 4.98 Å². The van der Waals surface area contributed by atoms with Crippen LogP contribution >= 0.6 is 0 Å². The number of hydrogen-bond acceptors (Lipinski definition) is 1. The second-order valence-corrected chi connectivity index (χ2v) is 5.54. The van der Waals surface area contributed by atoms with Crippen molar-refractivity contribution in [2.75, 3.05) is 0 Å². The Kier molecular flexibility index (Phi) is 2.93.